The average molecular weight is 239 g/mol. The van der Waals surface area contributed by atoms with Crippen LogP contribution in [0.4, 0.5) is 0 Å². The number of amides is 1. The van der Waals surface area contributed by atoms with Crippen LogP contribution in [0.1, 0.15) is 26.3 Å². The fraction of sp³-hybridized carbons (Fsp3) is 0.417. The van der Waals surface area contributed by atoms with Gasteiger partial charge in [0.15, 0.2) is 0 Å². The molecule has 2 N–H and O–H groups in total. The minimum absolute atomic E-state index is 0.171. The molecule has 3 nitrogen and oxygen atoms in total. The highest BCUT2D eigenvalue weighted by molar-refractivity contribution is 7.08. The molecule has 0 saturated heterocycles. The number of aliphatic hydroxyl groups is 1. The Kier molecular flexibility index (Phi) is 4.26. The molecule has 1 atom stereocenters. The third-order valence-electron chi connectivity index (χ3n) is 2.17. The van der Waals surface area contributed by atoms with E-state index in [1.807, 2.05) is 30.7 Å². The van der Waals surface area contributed by atoms with Crippen LogP contribution in [0, 0.1) is 0 Å². The van der Waals surface area contributed by atoms with Crippen molar-refractivity contribution in [1.29, 1.82) is 0 Å². The van der Waals surface area contributed by atoms with E-state index in [0.717, 1.165) is 11.1 Å². The van der Waals surface area contributed by atoms with Gasteiger partial charge in [0, 0.05) is 6.08 Å². The van der Waals surface area contributed by atoms with E-state index in [9.17, 15) is 9.90 Å². The van der Waals surface area contributed by atoms with Gasteiger partial charge in [-0.15, -0.1) is 0 Å². The summed E-state index contributed by atoms with van der Waals surface area (Å²) in [6, 6.07) is 1.86. The molecule has 16 heavy (non-hydrogen) atoms. The molecule has 0 saturated carbocycles. The van der Waals surface area contributed by atoms with Gasteiger partial charge in [-0.3, -0.25) is 4.79 Å². The van der Waals surface area contributed by atoms with Gasteiger partial charge in [-0.2, -0.15) is 11.3 Å². The van der Waals surface area contributed by atoms with E-state index >= 15 is 0 Å². The summed E-state index contributed by atoms with van der Waals surface area (Å²) >= 11 is 1.53. The summed E-state index contributed by atoms with van der Waals surface area (Å²) in [5.41, 5.74) is 0.758. The molecule has 4 heteroatoms. The summed E-state index contributed by atoms with van der Waals surface area (Å²) in [4.78, 5) is 11.4. The van der Waals surface area contributed by atoms with Crippen molar-refractivity contribution in [2.75, 3.05) is 6.54 Å². The van der Waals surface area contributed by atoms with E-state index in [-0.39, 0.29) is 12.5 Å². The van der Waals surface area contributed by atoms with Crippen molar-refractivity contribution < 1.29 is 9.90 Å². The lowest BCUT2D eigenvalue weighted by Crippen LogP contribution is -2.37. The van der Waals surface area contributed by atoms with Gasteiger partial charge < -0.3 is 10.4 Å². The summed E-state index contributed by atoms with van der Waals surface area (Å²) in [7, 11) is 0. The van der Waals surface area contributed by atoms with E-state index < -0.39 is 5.60 Å². The lowest BCUT2D eigenvalue weighted by molar-refractivity contribution is -0.117. The van der Waals surface area contributed by atoms with Gasteiger partial charge >= 0.3 is 0 Å². The lowest BCUT2D eigenvalue weighted by Gasteiger charge is -2.22. The molecule has 0 aliphatic carbocycles. The van der Waals surface area contributed by atoms with Gasteiger partial charge in [-0.1, -0.05) is 5.57 Å². The maximum atomic E-state index is 11.4. The summed E-state index contributed by atoms with van der Waals surface area (Å²) < 4.78 is 0. The number of nitrogens with one attached hydrogen (secondary N) is 1. The molecule has 88 valence electrons. The second-order valence-electron chi connectivity index (χ2n) is 4.23. The predicted octanol–water partition coefficient (Wildman–Crippen LogP) is 2.04. The second kappa shape index (κ2) is 5.27. The van der Waals surface area contributed by atoms with Gasteiger partial charge in [0.2, 0.25) is 5.91 Å². The smallest absolute Gasteiger partial charge is 0.244 e. The third-order valence-corrected chi connectivity index (χ3v) is 2.85. The van der Waals surface area contributed by atoms with Gasteiger partial charge in [0.1, 0.15) is 5.60 Å². The van der Waals surface area contributed by atoms with Crippen molar-refractivity contribution in [2.24, 2.45) is 0 Å². The highest BCUT2D eigenvalue weighted by atomic mass is 32.1. The first-order chi connectivity index (χ1) is 7.42. The van der Waals surface area contributed by atoms with Crippen LogP contribution in [0.25, 0.3) is 0 Å². The molecule has 1 aromatic heterocycles. The number of allylic oxidation sites excluding steroid dienone is 1. The van der Waals surface area contributed by atoms with E-state index in [0.29, 0.717) is 0 Å². The molecule has 0 aliphatic rings. The first-order valence-corrected chi connectivity index (χ1v) is 6.04. The zero-order valence-electron chi connectivity index (χ0n) is 9.78. The van der Waals surface area contributed by atoms with Crippen LogP contribution in [0.15, 0.2) is 28.5 Å². The maximum Gasteiger partial charge on any atom is 0.244 e. The van der Waals surface area contributed by atoms with Crippen molar-refractivity contribution >= 4 is 17.2 Å². The Balaban J connectivity index is 2.55. The number of hydrogen-bond donors (Lipinski definition) is 2. The standard InChI is InChI=1S/C12H17NO2S/c1-9(2)6-11(14)13-8-12(3,15)10-4-5-16-7-10/h4-7,15H,8H2,1-3H3,(H,13,14)/t12-/m1/s1. The SMILES string of the molecule is CC(C)=CC(=O)NC[C@@](C)(O)c1ccsc1. The number of carbonyl (C=O) groups is 1. The van der Waals surface area contributed by atoms with E-state index in [4.69, 9.17) is 0 Å². The van der Waals surface area contributed by atoms with E-state index in [1.165, 1.54) is 17.4 Å². The molecule has 1 aromatic rings. The molecule has 1 rings (SSSR count). The minimum atomic E-state index is -1.01. The molecule has 0 radical (unpaired) electrons. The summed E-state index contributed by atoms with van der Waals surface area (Å²) in [6.07, 6.45) is 1.52. The van der Waals surface area contributed by atoms with Crippen LogP contribution in [0.3, 0.4) is 0 Å². The Bertz CT molecular complexity index is 376. The van der Waals surface area contributed by atoms with Crippen LogP contribution in [0.2, 0.25) is 0 Å². The van der Waals surface area contributed by atoms with Crippen LogP contribution in [0.5, 0.6) is 0 Å². The highest BCUT2D eigenvalue weighted by Gasteiger charge is 2.23. The van der Waals surface area contributed by atoms with Gasteiger partial charge in [0.25, 0.3) is 0 Å². The topological polar surface area (TPSA) is 49.3 Å². The Hall–Kier alpha value is -1.13. The van der Waals surface area contributed by atoms with Crippen molar-refractivity contribution in [2.45, 2.75) is 26.4 Å². The van der Waals surface area contributed by atoms with Crippen molar-refractivity contribution in [3.8, 4) is 0 Å². The number of carbonyl (C=O) groups excluding carboxylic acids is 1. The molecule has 0 aromatic carbocycles. The molecular formula is C12H17NO2S. The fourth-order valence-electron chi connectivity index (χ4n) is 1.25. The number of rotatable bonds is 4. The molecule has 0 fully saturated rings. The number of thiophene rings is 1. The molecular weight excluding hydrogens is 222 g/mol. The molecule has 0 unspecified atom stereocenters. The molecule has 1 amide bonds. The van der Waals surface area contributed by atoms with Crippen molar-refractivity contribution in [1.82, 2.24) is 5.32 Å². The Morgan fingerprint density at radius 2 is 2.31 bits per heavy atom. The first-order valence-electron chi connectivity index (χ1n) is 5.09. The second-order valence-corrected chi connectivity index (χ2v) is 5.01. The fourth-order valence-corrected chi connectivity index (χ4v) is 2.03. The molecule has 0 aliphatic heterocycles. The van der Waals surface area contributed by atoms with Crippen molar-refractivity contribution in [3.63, 3.8) is 0 Å². The summed E-state index contributed by atoms with van der Waals surface area (Å²) in [5.74, 6) is -0.171. The minimum Gasteiger partial charge on any atom is -0.384 e. The average Bonchev–Trinajstić information content (AvgIpc) is 2.67. The zero-order chi connectivity index (χ0) is 12.2. The Morgan fingerprint density at radius 3 is 2.81 bits per heavy atom. The molecule has 0 bridgehead atoms. The largest absolute Gasteiger partial charge is 0.384 e. The molecule has 1 heterocycles. The number of hydrogen-bond acceptors (Lipinski definition) is 3. The van der Waals surface area contributed by atoms with Gasteiger partial charge in [0.05, 0.1) is 6.54 Å². The van der Waals surface area contributed by atoms with Crippen LogP contribution in [-0.4, -0.2) is 17.6 Å². The monoisotopic (exact) mass is 239 g/mol. The van der Waals surface area contributed by atoms with Crippen LogP contribution < -0.4 is 5.32 Å². The van der Waals surface area contributed by atoms with Crippen LogP contribution in [-0.2, 0) is 10.4 Å². The molecule has 0 spiro atoms. The normalized spacial score (nSPS) is 14.0. The van der Waals surface area contributed by atoms with Crippen molar-refractivity contribution in [3.05, 3.63) is 34.0 Å². The third kappa shape index (κ3) is 3.79. The summed E-state index contributed by atoms with van der Waals surface area (Å²) in [5, 5.41) is 16.6. The van der Waals surface area contributed by atoms with Gasteiger partial charge in [-0.05, 0) is 43.2 Å². The Morgan fingerprint density at radius 1 is 1.62 bits per heavy atom. The predicted molar refractivity (Wildman–Crippen MR) is 66.3 cm³/mol. The zero-order valence-corrected chi connectivity index (χ0v) is 10.6. The Labute approximate surface area is 99.8 Å². The maximum absolute atomic E-state index is 11.4. The van der Waals surface area contributed by atoms with E-state index in [2.05, 4.69) is 5.32 Å². The quantitative estimate of drug-likeness (QED) is 0.790. The summed E-state index contributed by atoms with van der Waals surface area (Å²) in [6.45, 7) is 5.62. The lowest BCUT2D eigenvalue weighted by atomic mass is 9.99. The highest BCUT2D eigenvalue weighted by Crippen LogP contribution is 2.21. The van der Waals surface area contributed by atoms with Gasteiger partial charge in [-0.25, -0.2) is 0 Å². The first kappa shape index (κ1) is 12.9. The van der Waals surface area contributed by atoms with E-state index in [1.54, 1.807) is 6.92 Å². The van der Waals surface area contributed by atoms with Crippen LogP contribution >= 0.6 is 11.3 Å².